The summed E-state index contributed by atoms with van der Waals surface area (Å²) >= 11 is 13.8. The zero-order valence-electron chi connectivity index (χ0n) is 8.34. The summed E-state index contributed by atoms with van der Waals surface area (Å²) in [5.41, 5.74) is 0.382. The van der Waals surface area contributed by atoms with Crippen LogP contribution in [0.5, 0.6) is 0 Å². The molecule has 0 atom stereocenters. The van der Waals surface area contributed by atoms with Crippen LogP contribution in [0.4, 0.5) is 5.69 Å². The fraction of sp³-hybridized carbons (Fsp3) is 0. The first-order valence-electron chi connectivity index (χ1n) is 4.58. The van der Waals surface area contributed by atoms with Crippen LogP contribution in [0.3, 0.4) is 0 Å². The number of hydrogen-bond acceptors (Lipinski definition) is 2. The molecule has 0 aliphatic rings. The Balaban J connectivity index is 2.24. The summed E-state index contributed by atoms with van der Waals surface area (Å²) in [4.78, 5) is 11.8. The monoisotopic (exact) mass is 381 g/mol. The number of furan rings is 1. The predicted octanol–water partition coefficient (Wildman–Crippen LogP) is 4.44. The topological polar surface area (TPSA) is 42.2 Å². The molecule has 2 aromatic rings. The van der Waals surface area contributed by atoms with Crippen LogP contribution in [-0.4, -0.2) is 5.91 Å². The van der Waals surface area contributed by atoms with Gasteiger partial charge in [0.15, 0.2) is 9.53 Å². The molecule has 0 unspecified atom stereocenters. The lowest BCUT2D eigenvalue weighted by Gasteiger charge is -2.07. The lowest BCUT2D eigenvalue weighted by Crippen LogP contribution is -2.11. The van der Waals surface area contributed by atoms with E-state index in [1.807, 2.05) is 22.6 Å². The zero-order chi connectivity index (χ0) is 12.4. The second-order valence-electron chi connectivity index (χ2n) is 3.15. The van der Waals surface area contributed by atoms with Crippen molar-refractivity contribution in [3.8, 4) is 0 Å². The summed E-state index contributed by atoms with van der Waals surface area (Å²) in [5.74, 6) is -0.173. The molecule has 1 heterocycles. The molecule has 0 bridgehead atoms. The van der Waals surface area contributed by atoms with Gasteiger partial charge in [0.2, 0.25) is 0 Å². The van der Waals surface area contributed by atoms with Crippen LogP contribution in [0.25, 0.3) is 0 Å². The SMILES string of the molecule is O=C(Nc1c(Cl)cccc1Cl)c1ccc(I)o1. The van der Waals surface area contributed by atoms with Crippen LogP contribution in [0, 0.1) is 3.77 Å². The summed E-state index contributed by atoms with van der Waals surface area (Å²) in [5, 5.41) is 3.37. The van der Waals surface area contributed by atoms with Gasteiger partial charge in [0.1, 0.15) is 0 Å². The van der Waals surface area contributed by atoms with E-state index in [1.54, 1.807) is 30.3 Å². The van der Waals surface area contributed by atoms with Gasteiger partial charge < -0.3 is 9.73 Å². The van der Waals surface area contributed by atoms with Crippen molar-refractivity contribution in [2.75, 3.05) is 5.32 Å². The van der Waals surface area contributed by atoms with Crippen LogP contribution in [0.1, 0.15) is 10.6 Å². The molecule has 0 spiro atoms. The number of benzene rings is 1. The van der Waals surface area contributed by atoms with Crippen molar-refractivity contribution >= 4 is 57.4 Å². The highest BCUT2D eigenvalue weighted by Crippen LogP contribution is 2.30. The molecule has 0 aliphatic carbocycles. The highest BCUT2D eigenvalue weighted by molar-refractivity contribution is 14.1. The van der Waals surface area contributed by atoms with Gasteiger partial charge in [0, 0.05) is 0 Å². The third-order valence-corrected chi connectivity index (χ3v) is 3.21. The van der Waals surface area contributed by atoms with Crippen molar-refractivity contribution in [3.63, 3.8) is 0 Å². The molecule has 1 aromatic carbocycles. The smallest absolute Gasteiger partial charge is 0.291 e. The maximum absolute atomic E-state index is 11.8. The van der Waals surface area contributed by atoms with Crippen LogP contribution >= 0.6 is 45.8 Å². The van der Waals surface area contributed by atoms with Crippen molar-refractivity contribution in [1.82, 2.24) is 0 Å². The Morgan fingerprint density at radius 3 is 2.35 bits per heavy atom. The van der Waals surface area contributed by atoms with E-state index in [1.165, 1.54) is 0 Å². The summed E-state index contributed by atoms with van der Waals surface area (Å²) in [6.45, 7) is 0. The van der Waals surface area contributed by atoms with E-state index < -0.39 is 0 Å². The number of para-hydroxylation sites is 1. The molecule has 0 aliphatic heterocycles. The van der Waals surface area contributed by atoms with Crippen LogP contribution in [0.15, 0.2) is 34.7 Å². The van der Waals surface area contributed by atoms with Crippen LogP contribution < -0.4 is 5.32 Å². The maximum Gasteiger partial charge on any atom is 0.291 e. The maximum atomic E-state index is 11.8. The van der Waals surface area contributed by atoms with Gasteiger partial charge in [-0.05, 0) is 46.9 Å². The van der Waals surface area contributed by atoms with Crippen molar-refractivity contribution in [2.45, 2.75) is 0 Å². The number of nitrogens with one attached hydrogen (secondary N) is 1. The first-order valence-corrected chi connectivity index (χ1v) is 6.42. The molecule has 1 amide bonds. The van der Waals surface area contributed by atoms with Crippen molar-refractivity contribution in [2.24, 2.45) is 0 Å². The molecule has 0 saturated carbocycles. The molecular formula is C11H6Cl2INO2. The lowest BCUT2D eigenvalue weighted by atomic mass is 10.3. The average Bonchev–Trinajstić information content (AvgIpc) is 2.70. The quantitative estimate of drug-likeness (QED) is 0.781. The van der Waals surface area contributed by atoms with Crippen LogP contribution in [0.2, 0.25) is 10.0 Å². The normalized spacial score (nSPS) is 10.3. The molecule has 1 aromatic heterocycles. The lowest BCUT2D eigenvalue weighted by molar-refractivity contribution is 0.0995. The Morgan fingerprint density at radius 2 is 1.82 bits per heavy atom. The minimum Gasteiger partial charge on any atom is -0.445 e. The number of hydrogen-bond donors (Lipinski definition) is 1. The Bertz CT molecular complexity index is 548. The number of carbonyl (C=O) groups is 1. The molecule has 6 heteroatoms. The fourth-order valence-electron chi connectivity index (χ4n) is 1.23. The second kappa shape index (κ2) is 5.29. The fourth-order valence-corrected chi connectivity index (χ4v) is 2.14. The number of amides is 1. The van der Waals surface area contributed by atoms with Gasteiger partial charge in [-0.25, -0.2) is 0 Å². The van der Waals surface area contributed by atoms with Gasteiger partial charge >= 0.3 is 0 Å². The van der Waals surface area contributed by atoms with E-state index in [-0.39, 0.29) is 11.7 Å². The molecule has 1 N–H and O–H groups in total. The van der Waals surface area contributed by atoms with E-state index in [0.29, 0.717) is 19.5 Å². The van der Waals surface area contributed by atoms with E-state index in [0.717, 1.165) is 0 Å². The molecule has 3 nitrogen and oxygen atoms in total. The van der Waals surface area contributed by atoms with Gasteiger partial charge in [-0.3, -0.25) is 4.79 Å². The van der Waals surface area contributed by atoms with Gasteiger partial charge in [-0.15, -0.1) is 0 Å². The Morgan fingerprint density at radius 1 is 1.18 bits per heavy atom. The highest BCUT2D eigenvalue weighted by atomic mass is 127. The molecule has 88 valence electrons. The number of anilines is 1. The first kappa shape index (κ1) is 12.7. The number of rotatable bonds is 2. The molecule has 0 radical (unpaired) electrons. The van der Waals surface area contributed by atoms with E-state index in [9.17, 15) is 4.79 Å². The third kappa shape index (κ3) is 2.94. The number of halogens is 3. The minimum absolute atomic E-state index is 0.213. The van der Waals surface area contributed by atoms with Gasteiger partial charge in [0.25, 0.3) is 5.91 Å². The largest absolute Gasteiger partial charge is 0.445 e. The van der Waals surface area contributed by atoms with E-state index in [4.69, 9.17) is 27.6 Å². The Kier molecular flexibility index (Phi) is 3.96. The van der Waals surface area contributed by atoms with E-state index >= 15 is 0 Å². The second-order valence-corrected chi connectivity index (χ2v) is 5.03. The third-order valence-electron chi connectivity index (χ3n) is 2.00. The number of carbonyl (C=O) groups excluding carboxylic acids is 1. The van der Waals surface area contributed by atoms with Crippen LogP contribution in [-0.2, 0) is 0 Å². The van der Waals surface area contributed by atoms with Crippen molar-refractivity contribution in [1.29, 1.82) is 0 Å². The molecular weight excluding hydrogens is 376 g/mol. The first-order chi connectivity index (χ1) is 8.08. The van der Waals surface area contributed by atoms with Gasteiger partial charge in [0.05, 0.1) is 15.7 Å². The van der Waals surface area contributed by atoms with Crippen molar-refractivity contribution in [3.05, 3.63) is 49.9 Å². The van der Waals surface area contributed by atoms with Crippen molar-refractivity contribution < 1.29 is 9.21 Å². The minimum atomic E-state index is -0.386. The highest BCUT2D eigenvalue weighted by Gasteiger charge is 2.14. The summed E-state index contributed by atoms with van der Waals surface area (Å²) in [7, 11) is 0. The standard InChI is InChI=1S/C11H6Cl2INO2/c12-6-2-1-3-7(13)10(6)15-11(16)8-4-5-9(14)17-8/h1-5H,(H,15,16). The predicted molar refractivity (Wildman–Crippen MR) is 75.8 cm³/mol. The van der Waals surface area contributed by atoms with Gasteiger partial charge in [-0.1, -0.05) is 29.3 Å². The summed E-state index contributed by atoms with van der Waals surface area (Å²) in [6.07, 6.45) is 0. The summed E-state index contributed by atoms with van der Waals surface area (Å²) in [6, 6.07) is 8.28. The summed E-state index contributed by atoms with van der Waals surface area (Å²) < 4.78 is 5.82. The molecule has 17 heavy (non-hydrogen) atoms. The zero-order valence-corrected chi connectivity index (χ0v) is 12.0. The average molecular weight is 382 g/mol. The Hall–Kier alpha value is -0.720. The molecule has 2 rings (SSSR count). The molecule has 0 fully saturated rings. The van der Waals surface area contributed by atoms with Gasteiger partial charge in [-0.2, -0.15) is 0 Å². The Labute approximate surface area is 121 Å². The van der Waals surface area contributed by atoms with E-state index in [2.05, 4.69) is 5.32 Å². The molecule has 0 saturated heterocycles.